The molecule has 136 valence electrons. The highest BCUT2D eigenvalue weighted by Crippen LogP contribution is 2.32. The predicted octanol–water partition coefficient (Wildman–Crippen LogP) is 0.897. The van der Waals surface area contributed by atoms with Crippen molar-refractivity contribution < 1.29 is 19.2 Å². The Morgan fingerprint density at radius 3 is 2.54 bits per heavy atom. The van der Waals surface area contributed by atoms with Gasteiger partial charge in [-0.25, -0.2) is 0 Å². The number of nitrogens with zero attached hydrogens (tertiary/aromatic N) is 2. The lowest BCUT2D eigenvalue weighted by molar-refractivity contribution is -0.136. The van der Waals surface area contributed by atoms with Gasteiger partial charge in [0.2, 0.25) is 11.8 Å². The van der Waals surface area contributed by atoms with Crippen molar-refractivity contribution in [3.63, 3.8) is 0 Å². The number of nitrogens with one attached hydrogen (secondary N) is 1. The van der Waals surface area contributed by atoms with Crippen molar-refractivity contribution in [2.24, 2.45) is 0 Å². The summed E-state index contributed by atoms with van der Waals surface area (Å²) in [5, 5.41) is 2.21. The fourth-order valence-electron chi connectivity index (χ4n) is 4.18. The third-order valence-electron chi connectivity index (χ3n) is 5.56. The van der Waals surface area contributed by atoms with E-state index in [0.29, 0.717) is 17.0 Å². The Labute approximate surface area is 151 Å². The molecule has 2 unspecified atom stereocenters. The van der Waals surface area contributed by atoms with Gasteiger partial charge in [-0.05, 0) is 56.5 Å². The molecule has 2 saturated heterocycles. The molecule has 3 aliphatic rings. The highest BCUT2D eigenvalue weighted by Gasteiger charge is 2.44. The summed E-state index contributed by atoms with van der Waals surface area (Å²) in [6, 6.07) is 4.52. The molecule has 3 heterocycles. The molecule has 7 heteroatoms. The topological polar surface area (TPSA) is 86.8 Å². The monoisotopic (exact) mass is 355 g/mol. The molecule has 4 rings (SSSR count). The number of amides is 4. The Hall–Kier alpha value is -2.54. The number of likely N-dealkylation sites (N-methyl/N-ethyl adjacent to an activating group) is 1. The molecule has 26 heavy (non-hydrogen) atoms. The third kappa shape index (κ3) is 2.72. The van der Waals surface area contributed by atoms with Crippen molar-refractivity contribution in [2.75, 3.05) is 20.1 Å². The fourth-order valence-corrected chi connectivity index (χ4v) is 4.18. The van der Waals surface area contributed by atoms with E-state index in [-0.39, 0.29) is 18.7 Å². The van der Waals surface area contributed by atoms with Crippen LogP contribution in [0.15, 0.2) is 18.2 Å². The van der Waals surface area contributed by atoms with Gasteiger partial charge in [-0.3, -0.25) is 29.4 Å². The van der Waals surface area contributed by atoms with Crippen molar-refractivity contribution in [1.82, 2.24) is 15.1 Å². The number of imide groups is 2. The van der Waals surface area contributed by atoms with Gasteiger partial charge in [-0.15, -0.1) is 0 Å². The number of likely N-dealkylation sites (tertiary alicyclic amines) is 1. The molecular weight excluding hydrogens is 334 g/mol. The first-order chi connectivity index (χ1) is 12.5. The van der Waals surface area contributed by atoms with E-state index in [1.807, 2.05) is 12.1 Å². The van der Waals surface area contributed by atoms with Gasteiger partial charge in [0.05, 0.1) is 11.1 Å². The smallest absolute Gasteiger partial charge is 0.262 e. The Balaban J connectivity index is 1.62. The van der Waals surface area contributed by atoms with Gasteiger partial charge in [-0.1, -0.05) is 6.07 Å². The Morgan fingerprint density at radius 2 is 1.81 bits per heavy atom. The number of benzene rings is 1. The molecule has 0 spiro atoms. The van der Waals surface area contributed by atoms with E-state index in [4.69, 9.17) is 0 Å². The summed E-state index contributed by atoms with van der Waals surface area (Å²) in [5.41, 5.74) is 1.76. The average Bonchev–Trinajstić information content (AvgIpc) is 2.86. The first-order valence-electron chi connectivity index (χ1n) is 9.00. The van der Waals surface area contributed by atoms with Crippen molar-refractivity contribution in [2.45, 2.75) is 37.6 Å². The first kappa shape index (κ1) is 16.9. The lowest BCUT2D eigenvalue weighted by Crippen LogP contribution is -2.54. The lowest BCUT2D eigenvalue weighted by atomic mass is 9.89. The Kier molecular flexibility index (Phi) is 4.11. The minimum atomic E-state index is -0.913. The van der Waals surface area contributed by atoms with Gasteiger partial charge >= 0.3 is 0 Å². The lowest BCUT2D eigenvalue weighted by Gasteiger charge is -2.30. The molecule has 0 aromatic heterocycles. The van der Waals surface area contributed by atoms with Gasteiger partial charge in [0, 0.05) is 13.0 Å². The van der Waals surface area contributed by atoms with Crippen LogP contribution in [0.1, 0.15) is 57.9 Å². The van der Waals surface area contributed by atoms with Crippen molar-refractivity contribution >= 4 is 23.6 Å². The van der Waals surface area contributed by atoms with E-state index in [1.54, 1.807) is 6.07 Å². The quantitative estimate of drug-likeness (QED) is 0.797. The van der Waals surface area contributed by atoms with Gasteiger partial charge in [0.25, 0.3) is 11.8 Å². The van der Waals surface area contributed by atoms with E-state index >= 15 is 0 Å². The molecule has 0 radical (unpaired) electrons. The third-order valence-corrected chi connectivity index (χ3v) is 5.56. The van der Waals surface area contributed by atoms with Crippen LogP contribution in [0.5, 0.6) is 0 Å². The first-order valence-corrected chi connectivity index (χ1v) is 9.00. The average molecular weight is 355 g/mol. The van der Waals surface area contributed by atoms with Crippen LogP contribution in [0.25, 0.3) is 0 Å². The van der Waals surface area contributed by atoms with E-state index in [0.717, 1.165) is 36.4 Å². The SMILES string of the molecule is CN1CCCC(c2ccc3c(c2)C(=O)N(C2CCC(=O)NC2=O)C3=O)C1. The molecule has 3 aliphatic heterocycles. The molecule has 1 N–H and O–H groups in total. The minimum Gasteiger partial charge on any atom is -0.306 e. The number of hydrogen-bond donors (Lipinski definition) is 1. The molecule has 2 atom stereocenters. The van der Waals surface area contributed by atoms with Crippen LogP contribution >= 0.6 is 0 Å². The number of hydrogen-bond acceptors (Lipinski definition) is 5. The van der Waals surface area contributed by atoms with Crippen LogP contribution in [0, 0.1) is 0 Å². The highest BCUT2D eigenvalue weighted by atomic mass is 16.2. The second-order valence-electron chi connectivity index (χ2n) is 7.35. The number of carbonyl (C=O) groups excluding carboxylic acids is 4. The number of piperidine rings is 2. The van der Waals surface area contributed by atoms with Crippen molar-refractivity contribution in [1.29, 1.82) is 0 Å². The summed E-state index contributed by atoms with van der Waals surface area (Å²) in [5.74, 6) is -1.50. The van der Waals surface area contributed by atoms with Gasteiger partial charge in [0.15, 0.2) is 0 Å². The highest BCUT2D eigenvalue weighted by molar-refractivity contribution is 6.23. The summed E-state index contributed by atoms with van der Waals surface area (Å²) < 4.78 is 0. The molecule has 0 aliphatic carbocycles. The van der Waals surface area contributed by atoms with E-state index in [9.17, 15) is 19.2 Å². The Bertz CT molecular complexity index is 819. The zero-order chi connectivity index (χ0) is 18.4. The zero-order valence-corrected chi connectivity index (χ0v) is 14.7. The molecular formula is C19H21N3O4. The molecule has 1 aromatic rings. The summed E-state index contributed by atoms with van der Waals surface area (Å²) in [4.78, 5) is 52.3. The fraction of sp³-hybridized carbons (Fsp3) is 0.474. The van der Waals surface area contributed by atoms with Gasteiger partial charge in [0.1, 0.15) is 6.04 Å². The molecule has 2 fully saturated rings. The zero-order valence-electron chi connectivity index (χ0n) is 14.7. The second-order valence-corrected chi connectivity index (χ2v) is 7.35. The maximum Gasteiger partial charge on any atom is 0.262 e. The van der Waals surface area contributed by atoms with E-state index in [2.05, 4.69) is 17.3 Å². The van der Waals surface area contributed by atoms with Crippen LogP contribution in [0.3, 0.4) is 0 Å². The minimum absolute atomic E-state index is 0.128. The van der Waals surface area contributed by atoms with E-state index in [1.165, 1.54) is 0 Å². The maximum absolute atomic E-state index is 12.9. The maximum atomic E-state index is 12.9. The number of carbonyl (C=O) groups is 4. The number of rotatable bonds is 2. The van der Waals surface area contributed by atoms with Crippen molar-refractivity contribution in [3.05, 3.63) is 34.9 Å². The largest absolute Gasteiger partial charge is 0.306 e. The molecule has 0 saturated carbocycles. The number of fused-ring (bicyclic) bond motifs is 1. The van der Waals surface area contributed by atoms with Gasteiger partial charge in [-0.2, -0.15) is 0 Å². The second kappa shape index (κ2) is 6.32. The van der Waals surface area contributed by atoms with Crippen LogP contribution in [0.2, 0.25) is 0 Å². The van der Waals surface area contributed by atoms with E-state index < -0.39 is 23.8 Å². The Morgan fingerprint density at radius 1 is 1.04 bits per heavy atom. The molecule has 1 aromatic carbocycles. The van der Waals surface area contributed by atoms with Crippen molar-refractivity contribution in [3.8, 4) is 0 Å². The normalized spacial score (nSPS) is 26.9. The summed E-state index contributed by atoms with van der Waals surface area (Å²) in [6.45, 7) is 2.00. The predicted molar refractivity (Wildman–Crippen MR) is 92.6 cm³/mol. The standard InChI is InChI=1S/C19H21N3O4/c1-21-8-2-3-12(10-21)11-4-5-13-14(9-11)19(26)22(18(13)25)15-6-7-16(23)20-17(15)24/h4-5,9,12,15H,2-3,6-8,10H2,1H3,(H,20,23,24). The summed E-state index contributed by atoms with van der Waals surface area (Å²) in [6.07, 6.45) is 2.47. The van der Waals surface area contributed by atoms with Crippen LogP contribution < -0.4 is 5.32 Å². The van der Waals surface area contributed by atoms with Crippen LogP contribution in [-0.4, -0.2) is 59.6 Å². The summed E-state index contributed by atoms with van der Waals surface area (Å²) in [7, 11) is 2.08. The molecule has 4 amide bonds. The van der Waals surface area contributed by atoms with Crippen LogP contribution in [-0.2, 0) is 9.59 Å². The molecule has 7 nitrogen and oxygen atoms in total. The summed E-state index contributed by atoms with van der Waals surface area (Å²) >= 11 is 0. The van der Waals surface area contributed by atoms with Gasteiger partial charge < -0.3 is 4.90 Å². The van der Waals surface area contributed by atoms with Crippen LogP contribution in [0.4, 0.5) is 0 Å². The molecule has 0 bridgehead atoms.